The summed E-state index contributed by atoms with van der Waals surface area (Å²) >= 11 is 1.39. The minimum Gasteiger partial charge on any atom is -0.301 e. The highest BCUT2D eigenvalue weighted by Gasteiger charge is 2.27. The Kier molecular flexibility index (Phi) is 4.77. The zero-order valence-electron chi connectivity index (χ0n) is 12.2. The van der Waals surface area contributed by atoms with Crippen LogP contribution in [-0.4, -0.2) is 15.9 Å². The van der Waals surface area contributed by atoms with Crippen LogP contribution in [0.2, 0.25) is 0 Å². The number of anilines is 1. The monoisotopic (exact) mass is 319 g/mol. The molecule has 1 fully saturated rings. The maximum Gasteiger partial charge on any atom is 0.233 e. The van der Waals surface area contributed by atoms with Crippen molar-refractivity contribution in [2.24, 2.45) is 5.92 Å². The predicted molar refractivity (Wildman–Crippen MR) is 84.3 cm³/mol. The molecular weight excluding hydrogens is 301 g/mol. The van der Waals surface area contributed by atoms with Gasteiger partial charge in [0.15, 0.2) is 5.13 Å². The summed E-state index contributed by atoms with van der Waals surface area (Å²) in [6.45, 7) is 0. The van der Waals surface area contributed by atoms with E-state index in [0.29, 0.717) is 11.0 Å². The molecule has 1 aliphatic rings. The van der Waals surface area contributed by atoms with Gasteiger partial charge in [-0.1, -0.05) is 31.7 Å². The second-order valence-corrected chi connectivity index (χ2v) is 6.57. The van der Waals surface area contributed by atoms with Crippen LogP contribution in [0.5, 0.6) is 0 Å². The fourth-order valence-electron chi connectivity index (χ4n) is 3.04. The van der Waals surface area contributed by atoms with Gasteiger partial charge in [0.05, 0.1) is 5.92 Å². The summed E-state index contributed by atoms with van der Waals surface area (Å²) in [5.41, 5.74) is 0.766. The Morgan fingerprint density at radius 1 is 1.36 bits per heavy atom. The Labute approximate surface area is 132 Å². The molecule has 1 unspecified atom stereocenters. The van der Waals surface area contributed by atoms with Crippen LogP contribution in [0.4, 0.5) is 9.52 Å². The number of hydrogen-bond donors (Lipinski definition) is 1. The third kappa shape index (κ3) is 3.68. The zero-order valence-corrected chi connectivity index (χ0v) is 13.0. The lowest BCUT2D eigenvalue weighted by atomic mass is 9.88. The third-order valence-corrected chi connectivity index (χ3v) is 4.86. The van der Waals surface area contributed by atoms with E-state index >= 15 is 0 Å². The smallest absolute Gasteiger partial charge is 0.233 e. The van der Waals surface area contributed by atoms with Crippen molar-refractivity contribution in [3.8, 4) is 0 Å². The molecule has 2 aromatic rings. The Bertz CT molecular complexity index is 609. The summed E-state index contributed by atoms with van der Waals surface area (Å²) < 4.78 is 13.0. The van der Waals surface area contributed by atoms with Crippen LogP contribution in [0.25, 0.3) is 0 Å². The number of pyridine rings is 1. The van der Waals surface area contributed by atoms with Gasteiger partial charge in [-0.2, -0.15) is 4.39 Å². The maximum atomic E-state index is 13.0. The Morgan fingerprint density at radius 3 is 2.82 bits per heavy atom. The molecule has 0 spiro atoms. The highest BCUT2D eigenvalue weighted by Crippen LogP contribution is 2.34. The fourth-order valence-corrected chi connectivity index (χ4v) is 3.58. The van der Waals surface area contributed by atoms with E-state index in [-0.39, 0.29) is 11.8 Å². The number of nitrogens with zero attached hydrogens (tertiary/aromatic N) is 2. The molecular formula is C16H18FN3OS. The highest BCUT2D eigenvalue weighted by molar-refractivity contribution is 7.13. The predicted octanol–water partition coefficient (Wildman–Crippen LogP) is 3.98. The van der Waals surface area contributed by atoms with Crippen LogP contribution in [-0.2, 0) is 4.79 Å². The van der Waals surface area contributed by atoms with Crippen LogP contribution in [0.3, 0.4) is 0 Å². The molecule has 0 bridgehead atoms. The quantitative estimate of drug-likeness (QED) is 0.848. The first-order valence-electron chi connectivity index (χ1n) is 7.54. The summed E-state index contributed by atoms with van der Waals surface area (Å²) in [6, 6.07) is 2.97. The normalized spacial score (nSPS) is 16.6. The summed E-state index contributed by atoms with van der Waals surface area (Å²) in [6.07, 6.45) is 8.69. The fraction of sp³-hybridized carbons (Fsp3) is 0.438. The van der Waals surface area contributed by atoms with Crippen molar-refractivity contribution < 1.29 is 9.18 Å². The molecule has 1 N–H and O–H groups in total. The van der Waals surface area contributed by atoms with Crippen molar-refractivity contribution in [3.05, 3.63) is 41.4 Å². The summed E-state index contributed by atoms with van der Waals surface area (Å²) in [5.74, 6) is -0.365. The molecule has 0 radical (unpaired) electrons. The Hall–Kier alpha value is -1.82. The molecule has 1 atom stereocenters. The van der Waals surface area contributed by atoms with Crippen LogP contribution >= 0.6 is 11.3 Å². The van der Waals surface area contributed by atoms with Gasteiger partial charge in [0.2, 0.25) is 11.9 Å². The van der Waals surface area contributed by atoms with Crippen molar-refractivity contribution in [1.82, 2.24) is 9.97 Å². The van der Waals surface area contributed by atoms with E-state index in [4.69, 9.17) is 0 Å². The Balaban J connectivity index is 1.77. The van der Waals surface area contributed by atoms with Gasteiger partial charge >= 0.3 is 0 Å². The summed E-state index contributed by atoms with van der Waals surface area (Å²) in [7, 11) is 0. The molecule has 0 aromatic carbocycles. The van der Waals surface area contributed by atoms with Crippen LogP contribution in [0.15, 0.2) is 29.9 Å². The number of amides is 1. The van der Waals surface area contributed by atoms with E-state index in [0.717, 1.165) is 24.8 Å². The molecule has 1 aliphatic carbocycles. The summed E-state index contributed by atoms with van der Waals surface area (Å²) in [5, 5.41) is 5.27. The first-order valence-corrected chi connectivity index (χ1v) is 8.42. The van der Waals surface area contributed by atoms with E-state index in [9.17, 15) is 9.18 Å². The molecule has 2 heterocycles. The number of carbonyl (C=O) groups is 1. The van der Waals surface area contributed by atoms with Crippen LogP contribution in [0.1, 0.15) is 43.6 Å². The van der Waals surface area contributed by atoms with Gasteiger partial charge in [0.25, 0.3) is 0 Å². The molecule has 22 heavy (non-hydrogen) atoms. The number of thiazole rings is 1. The van der Waals surface area contributed by atoms with Crippen molar-refractivity contribution in [1.29, 1.82) is 0 Å². The van der Waals surface area contributed by atoms with Gasteiger partial charge in [-0.15, -0.1) is 11.3 Å². The maximum absolute atomic E-state index is 13.0. The molecule has 3 rings (SSSR count). The third-order valence-electron chi connectivity index (χ3n) is 4.18. The highest BCUT2D eigenvalue weighted by atomic mass is 32.1. The first-order chi connectivity index (χ1) is 10.7. The Morgan fingerprint density at radius 2 is 2.18 bits per heavy atom. The van der Waals surface area contributed by atoms with Crippen molar-refractivity contribution in [2.75, 3.05) is 5.32 Å². The molecule has 0 aliphatic heterocycles. The number of carbonyl (C=O) groups excluding carboxylic acids is 1. The van der Waals surface area contributed by atoms with E-state index < -0.39 is 5.95 Å². The molecule has 6 heteroatoms. The molecule has 1 amide bonds. The number of hydrogen-bond acceptors (Lipinski definition) is 4. The minimum absolute atomic E-state index is 0.0877. The number of nitrogens with one attached hydrogen (secondary N) is 1. The molecule has 1 saturated carbocycles. The largest absolute Gasteiger partial charge is 0.301 e. The average molecular weight is 319 g/mol. The van der Waals surface area contributed by atoms with Gasteiger partial charge in [0, 0.05) is 17.8 Å². The van der Waals surface area contributed by atoms with Crippen LogP contribution < -0.4 is 5.32 Å². The number of rotatable bonds is 5. The van der Waals surface area contributed by atoms with Gasteiger partial charge in [-0.3, -0.25) is 4.79 Å². The van der Waals surface area contributed by atoms with Crippen LogP contribution in [0, 0.1) is 11.9 Å². The van der Waals surface area contributed by atoms with Crippen molar-refractivity contribution in [3.63, 3.8) is 0 Å². The van der Waals surface area contributed by atoms with E-state index in [1.165, 1.54) is 36.4 Å². The molecule has 2 aromatic heterocycles. The number of aromatic nitrogens is 2. The lowest BCUT2D eigenvalue weighted by Crippen LogP contribution is -2.23. The van der Waals surface area contributed by atoms with E-state index in [2.05, 4.69) is 15.3 Å². The van der Waals surface area contributed by atoms with Gasteiger partial charge in [-0.05, 0) is 24.0 Å². The SMILES string of the molecule is O=C(Nc1nccs1)C(CC1CCCC1)c1ccc(F)nc1. The first kappa shape index (κ1) is 15.1. The van der Waals surface area contributed by atoms with Gasteiger partial charge in [0.1, 0.15) is 0 Å². The standard InChI is InChI=1S/C16H18FN3OS/c17-14-6-5-12(10-19-14)13(9-11-3-1-2-4-11)15(21)20-16-18-7-8-22-16/h5-8,10-11,13H,1-4,9H2,(H,18,20,21). The lowest BCUT2D eigenvalue weighted by Gasteiger charge is -2.19. The second-order valence-electron chi connectivity index (χ2n) is 5.68. The van der Waals surface area contributed by atoms with Crippen molar-refractivity contribution >= 4 is 22.4 Å². The average Bonchev–Trinajstić information content (AvgIpc) is 3.19. The molecule has 116 valence electrons. The minimum atomic E-state index is -0.524. The molecule has 4 nitrogen and oxygen atoms in total. The number of halogens is 1. The zero-order chi connectivity index (χ0) is 15.4. The second kappa shape index (κ2) is 6.96. The lowest BCUT2D eigenvalue weighted by molar-refractivity contribution is -0.118. The van der Waals surface area contributed by atoms with E-state index in [1.54, 1.807) is 12.3 Å². The van der Waals surface area contributed by atoms with Gasteiger partial charge in [-0.25, -0.2) is 9.97 Å². The topological polar surface area (TPSA) is 54.9 Å². The molecule has 0 saturated heterocycles. The van der Waals surface area contributed by atoms with Gasteiger partial charge < -0.3 is 5.32 Å². The van der Waals surface area contributed by atoms with E-state index in [1.807, 2.05) is 5.38 Å². The van der Waals surface area contributed by atoms with Crippen molar-refractivity contribution in [2.45, 2.75) is 38.0 Å². The summed E-state index contributed by atoms with van der Waals surface area (Å²) in [4.78, 5) is 20.4.